The maximum atomic E-state index is 13.4. The van der Waals surface area contributed by atoms with E-state index >= 15 is 0 Å². The molecular weight excluding hydrogens is 318 g/mol. The maximum Gasteiger partial charge on any atom is 0.308 e. The number of hydrogen-bond acceptors (Lipinski definition) is 4. The number of aromatic nitrogens is 1. The Labute approximate surface area is 146 Å². The number of anilines is 1. The number of amides is 1. The summed E-state index contributed by atoms with van der Waals surface area (Å²) in [6.45, 7) is 0. The number of benzene rings is 1. The molecule has 4 rings (SSSR count). The number of pyridine rings is 1. The Kier molecular flexibility index (Phi) is 3.63. The minimum absolute atomic E-state index is 0.0355. The second-order valence-electron chi connectivity index (χ2n) is 7.13. The number of carboxylic acid groups (broad SMARTS) is 1. The van der Waals surface area contributed by atoms with Gasteiger partial charge in [0, 0.05) is 31.6 Å². The van der Waals surface area contributed by atoms with Crippen LogP contribution >= 0.6 is 0 Å². The van der Waals surface area contributed by atoms with E-state index in [4.69, 9.17) is 0 Å². The van der Waals surface area contributed by atoms with E-state index in [2.05, 4.69) is 4.98 Å². The van der Waals surface area contributed by atoms with E-state index in [9.17, 15) is 14.7 Å². The first-order valence-corrected chi connectivity index (χ1v) is 8.60. The van der Waals surface area contributed by atoms with Crippen LogP contribution in [0.2, 0.25) is 0 Å². The van der Waals surface area contributed by atoms with Crippen LogP contribution in [0.25, 0.3) is 10.9 Å². The van der Waals surface area contributed by atoms with Crippen molar-refractivity contribution >= 4 is 28.6 Å². The Balaban J connectivity index is 1.79. The molecule has 1 aromatic carbocycles. The summed E-state index contributed by atoms with van der Waals surface area (Å²) in [7, 11) is 3.79. The molecule has 6 heteroatoms. The molecule has 0 aliphatic carbocycles. The van der Waals surface area contributed by atoms with E-state index in [0.717, 1.165) is 29.6 Å². The second-order valence-corrected chi connectivity index (χ2v) is 7.13. The molecule has 1 amide bonds. The topological polar surface area (TPSA) is 73.7 Å². The molecular formula is C19H21N3O3. The van der Waals surface area contributed by atoms with Crippen LogP contribution < -0.4 is 4.90 Å². The molecule has 2 fully saturated rings. The lowest BCUT2D eigenvalue weighted by Crippen LogP contribution is -2.38. The Morgan fingerprint density at radius 1 is 1.24 bits per heavy atom. The van der Waals surface area contributed by atoms with Crippen molar-refractivity contribution in [2.45, 2.75) is 31.3 Å². The van der Waals surface area contributed by atoms with Gasteiger partial charge in [0.2, 0.25) is 0 Å². The Morgan fingerprint density at radius 2 is 2.00 bits per heavy atom. The first-order chi connectivity index (χ1) is 12.0. The molecule has 0 radical (unpaired) electrons. The standard InChI is InChI=1S/C19H21N3O3/c1-21(2)17-10-13(12-5-3-4-6-15(12)20-17)18(23)22-11-7-8-16(22)14(9-11)19(24)25/h3-6,10-11,14,16H,7-9H2,1-2H3,(H,24,25). The van der Waals surface area contributed by atoms with Crippen molar-refractivity contribution in [3.63, 3.8) is 0 Å². The molecule has 2 bridgehead atoms. The van der Waals surface area contributed by atoms with Crippen molar-refractivity contribution in [2.24, 2.45) is 5.92 Å². The van der Waals surface area contributed by atoms with Crippen molar-refractivity contribution in [1.29, 1.82) is 0 Å². The lowest BCUT2D eigenvalue weighted by atomic mass is 9.89. The van der Waals surface area contributed by atoms with Crippen molar-refractivity contribution in [2.75, 3.05) is 19.0 Å². The molecule has 25 heavy (non-hydrogen) atoms. The molecule has 1 aromatic heterocycles. The highest BCUT2D eigenvalue weighted by molar-refractivity contribution is 6.07. The van der Waals surface area contributed by atoms with E-state index in [1.807, 2.05) is 54.2 Å². The quantitative estimate of drug-likeness (QED) is 0.929. The lowest BCUT2D eigenvalue weighted by Gasteiger charge is -2.24. The van der Waals surface area contributed by atoms with Gasteiger partial charge in [-0.3, -0.25) is 9.59 Å². The number of para-hydroxylation sites is 1. The van der Waals surface area contributed by atoms with Gasteiger partial charge in [-0.25, -0.2) is 4.98 Å². The number of aliphatic carboxylic acids is 1. The van der Waals surface area contributed by atoms with Gasteiger partial charge in [-0.1, -0.05) is 18.2 Å². The molecule has 2 aromatic rings. The average Bonchev–Trinajstić information content (AvgIpc) is 3.18. The van der Waals surface area contributed by atoms with Gasteiger partial charge in [-0.05, 0) is 31.4 Å². The number of fused-ring (bicyclic) bond motifs is 3. The largest absolute Gasteiger partial charge is 0.481 e. The molecule has 3 heterocycles. The lowest BCUT2D eigenvalue weighted by molar-refractivity contribution is -0.142. The van der Waals surface area contributed by atoms with Gasteiger partial charge in [0.15, 0.2) is 0 Å². The minimum Gasteiger partial charge on any atom is -0.481 e. The van der Waals surface area contributed by atoms with Crippen molar-refractivity contribution in [3.05, 3.63) is 35.9 Å². The zero-order valence-corrected chi connectivity index (χ0v) is 14.3. The Morgan fingerprint density at radius 3 is 2.68 bits per heavy atom. The molecule has 0 saturated carbocycles. The summed E-state index contributed by atoms with van der Waals surface area (Å²) in [5.74, 6) is -0.580. The van der Waals surface area contributed by atoms with Crippen LogP contribution in [-0.4, -0.2) is 53.0 Å². The number of rotatable bonds is 3. The predicted molar refractivity (Wildman–Crippen MR) is 94.8 cm³/mol. The van der Waals surface area contributed by atoms with E-state index < -0.39 is 11.9 Å². The van der Waals surface area contributed by atoms with Gasteiger partial charge < -0.3 is 14.9 Å². The SMILES string of the molecule is CN(C)c1cc(C(=O)N2C3CCC2C(C(=O)O)C3)c2ccccc2n1. The first kappa shape index (κ1) is 15.9. The third kappa shape index (κ3) is 2.44. The summed E-state index contributed by atoms with van der Waals surface area (Å²) in [4.78, 5) is 33.1. The molecule has 130 valence electrons. The number of nitrogens with zero attached hydrogens (tertiary/aromatic N) is 3. The maximum absolute atomic E-state index is 13.4. The Bertz CT molecular complexity index is 864. The van der Waals surface area contributed by atoms with Crippen molar-refractivity contribution in [3.8, 4) is 0 Å². The normalized spacial score (nSPS) is 24.7. The zero-order chi connectivity index (χ0) is 17.7. The number of carbonyl (C=O) groups excluding carboxylic acids is 1. The smallest absolute Gasteiger partial charge is 0.308 e. The summed E-state index contributed by atoms with van der Waals surface area (Å²) < 4.78 is 0. The van der Waals surface area contributed by atoms with Gasteiger partial charge in [0.1, 0.15) is 5.82 Å². The fourth-order valence-electron chi connectivity index (χ4n) is 4.28. The first-order valence-electron chi connectivity index (χ1n) is 8.60. The fourth-order valence-corrected chi connectivity index (χ4v) is 4.28. The van der Waals surface area contributed by atoms with Gasteiger partial charge in [-0.15, -0.1) is 0 Å². The summed E-state index contributed by atoms with van der Waals surface area (Å²) in [6, 6.07) is 9.27. The fraction of sp³-hybridized carbons (Fsp3) is 0.421. The molecule has 3 unspecified atom stereocenters. The molecule has 2 saturated heterocycles. The van der Waals surface area contributed by atoms with Crippen LogP contribution in [0, 0.1) is 5.92 Å². The van der Waals surface area contributed by atoms with Crippen LogP contribution in [0.4, 0.5) is 5.82 Å². The van der Waals surface area contributed by atoms with Crippen LogP contribution in [0.5, 0.6) is 0 Å². The van der Waals surface area contributed by atoms with Gasteiger partial charge >= 0.3 is 5.97 Å². The highest BCUT2D eigenvalue weighted by Crippen LogP contribution is 2.43. The predicted octanol–water partition coefficient (Wildman–Crippen LogP) is 2.38. The molecule has 0 spiro atoms. The number of carboxylic acids is 1. The van der Waals surface area contributed by atoms with Crippen LogP contribution in [0.15, 0.2) is 30.3 Å². The van der Waals surface area contributed by atoms with Crippen LogP contribution in [0.3, 0.4) is 0 Å². The number of carbonyl (C=O) groups is 2. The van der Waals surface area contributed by atoms with E-state index in [1.54, 1.807) is 0 Å². The van der Waals surface area contributed by atoms with Gasteiger partial charge in [0.05, 0.1) is 17.0 Å². The van der Waals surface area contributed by atoms with Gasteiger partial charge in [0.25, 0.3) is 5.91 Å². The summed E-state index contributed by atoms with van der Waals surface area (Å²) in [5, 5.41) is 10.3. The average molecular weight is 339 g/mol. The van der Waals surface area contributed by atoms with E-state index in [1.165, 1.54) is 0 Å². The van der Waals surface area contributed by atoms with E-state index in [-0.39, 0.29) is 18.0 Å². The molecule has 2 aliphatic rings. The van der Waals surface area contributed by atoms with Crippen molar-refractivity contribution in [1.82, 2.24) is 9.88 Å². The second kappa shape index (κ2) is 5.72. The molecule has 3 atom stereocenters. The monoisotopic (exact) mass is 339 g/mol. The van der Waals surface area contributed by atoms with Crippen molar-refractivity contribution < 1.29 is 14.7 Å². The summed E-state index contributed by atoms with van der Waals surface area (Å²) >= 11 is 0. The number of hydrogen-bond donors (Lipinski definition) is 1. The third-order valence-electron chi connectivity index (χ3n) is 5.48. The molecule has 6 nitrogen and oxygen atoms in total. The van der Waals surface area contributed by atoms with E-state index in [0.29, 0.717) is 12.0 Å². The van der Waals surface area contributed by atoms with Crippen LogP contribution in [0.1, 0.15) is 29.6 Å². The summed E-state index contributed by atoms with van der Waals surface area (Å²) in [5.41, 5.74) is 1.38. The highest BCUT2D eigenvalue weighted by atomic mass is 16.4. The van der Waals surface area contributed by atoms with Gasteiger partial charge in [-0.2, -0.15) is 0 Å². The molecule has 2 aliphatic heterocycles. The molecule has 1 N–H and O–H groups in total. The highest BCUT2D eigenvalue weighted by Gasteiger charge is 2.51. The minimum atomic E-state index is -0.793. The Hall–Kier alpha value is -2.63. The van der Waals surface area contributed by atoms with Crippen LogP contribution in [-0.2, 0) is 4.79 Å². The summed E-state index contributed by atoms with van der Waals surface area (Å²) in [6.07, 6.45) is 2.23. The third-order valence-corrected chi connectivity index (χ3v) is 5.48. The zero-order valence-electron chi connectivity index (χ0n) is 14.3.